The first-order valence-corrected chi connectivity index (χ1v) is 12.1. The maximum Gasteiger partial charge on any atom is 0.355 e. The van der Waals surface area contributed by atoms with Gasteiger partial charge in [-0.05, 0) is 61.2 Å². The molecule has 0 N–H and O–H groups in total. The molecule has 6 nitrogen and oxygen atoms in total. The van der Waals surface area contributed by atoms with Gasteiger partial charge in [-0.3, -0.25) is 14.6 Å². The molecular formula is C30H29NO5. The van der Waals surface area contributed by atoms with Crippen molar-refractivity contribution in [3.63, 3.8) is 0 Å². The zero-order chi connectivity index (χ0) is 25.2. The number of carbonyl (C=O) groups is 1. The molecule has 0 unspecified atom stereocenters. The van der Waals surface area contributed by atoms with E-state index in [1.54, 1.807) is 16.7 Å². The molecule has 0 aliphatic rings. The number of rotatable bonds is 11. The van der Waals surface area contributed by atoms with E-state index in [0.717, 1.165) is 41.0 Å². The Morgan fingerprint density at radius 2 is 1.64 bits per heavy atom. The largest absolute Gasteiger partial charge is 0.457 e. The Hall–Kier alpha value is -4.32. The minimum atomic E-state index is -0.391. The van der Waals surface area contributed by atoms with Crippen LogP contribution in [-0.2, 0) is 22.6 Å². The molecular weight excluding hydrogens is 454 g/mol. The average molecular weight is 484 g/mol. The fourth-order valence-corrected chi connectivity index (χ4v) is 3.82. The molecule has 4 rings (SSSR count). The van der Waals surface area contributed by atoms with E-state index in [0.29, 0.717) is 25.1 Å². The highest BCUT2D eigenvalue weighted by Crippen LogP contribution is 2.32. The third-order valence-electron chi connectivity index (χ3n) is 5.60. The molecule has 0 aliphatic heterocycles. The lowest BCUT2D eigenvalue weighted by Crippen LogP contribution is -2.18. The Bertz CT molecular complexity index is 1350. The van der Waals surface area contributed by atoms with Crippen LogP contribution in [0.3, 0.4) is 0 Å². The summed E-state index contributed by atoms with van der Waals surface area (Å²) in [6, 6.07) is 28.3. The fourth-order valence-electron chi connectivity index (χ4n) is 3.82. The topological polar surface area (TPSA) is 66.8 Å². The van der Waals surface area contributed by atoms with Crippen LogP contribution in [0.1, 0.15) is 31.7 Å². The molecule has 6 heteroatoms. The maximum atomic E-state index is 12.5. The standard InChI is InChI=1S/C30H29NO5/c1-2-10-30(33)36-35-26-15-8-11-23(21-26)12-9-20-31-22-24(18-19-29(31)32)27-16-6-7-17-28(27)34-25-13-4-3-5-14-25/h3-8,11,13-19,21-22H,2,9-10,12,20H2,1H3. The first-order chi connectivity index (χ1) is 17.6. The summed E-state index contributed by atoms with van der Waals surface area (Å²) in [7, 11) is 0. The van der Waals surface area contributed by atoms with Gasteiger partial charge < -0.3 is 9.30 Å². The van der Waals surface area contributed by atoms with E-state index in [9.17, 15) is 9.59 Å². The Kier molecular flexibility index (Phi) is 8.54. The van der Waals surface area contributed by atoms with Crippen LogP contribution in [0, 0.1) is 0 Å². The summed E-state index contributed by atoms with van der Waals surface area (Å²) in [5.41, 5.74) is 2.80. The van der Waals surface area contributed by atoms with Crippen LogP contribution in [-0.4, -0.2) is 10.5 Å². The highest BCUT2D eigenvalue weighted by atomic mass is 17.2. The van der Waals surface area contributed by atoms with Crippen molar-refractivity contribution in [2.24, 2.45) is 0 Å². The molecule has 0 amide bonds. The van der Waals surface area contributed by atoms with Crippen LogP contribution in [0.5, 0.6) is 17.2 Å². The normalized spacial score (nSPS) is 10.6. The number of nitrogens with zero attached hydrogens (tertiary/aromatic N) is 1. The molecule has 0 spiro atoms. The van der Waals surface area contributed by atoms with Gasteiger partial charge in [-0.1, -0.05) is 55.5 Å². The highest BCUT2D eigenvalue weighted by molar-refractivity contribution is 5.70. The van der Waals surface area contributed by atoms with Crippen molar-refractivity contribution < 1.29 is 19.3 Å². The number of pyridine rings is 1. The molecule has 0 radical (unpaired) electrons. The van der Waals surface area contributed by atoms with Crippen LogP contribution in [0.25, 0.3) is 11.1 Å². The number of aromatic nitrogens is 1. The van der Waals surface area contributed by atoms with Crippen molar-refractivity contribution in [3.05, 3.63) is 113 Å². The van der Waals surface area contributed by atoms with Crippen LogP contribution < -0.4 is 15.2 Å². The van der Waals surface area contributed by atoms with Gasteiger partial charge in [0.2, 0.25) is 0 Å². The van der Waals surface area contributed by atoms with Crippen molar-refractivity contribution in [2.75, 3.05) is 0 Å². The summed E-state index contributed by atoms with van der Waals surface area (Å²) in [4.78, 5) is 34.0. The van der Waals surface area contributed by atoms with E-state index < -0.39 is 5.97 Å². The molecule has 184 valence electrons. The first kappa shape index (κ1) is 24.8. The lowest BCUT2D eigenvalue weighted by molar-refractivity contribution is -0.213. The van der Waals surface area contributed by atoms with Crippen molar-refractivity contribution in [1.29, 1.82) is 0 Å². The molecule has 36 heavy (non-hydrogen) atoms. The quantitative estimate of drug-likeness (QED) is 0.178. The second-order valence-electron chi connectivity index (χ2n) is 8.40. The molecule has 0 saturated heterocycles. The number of benzene rings is 3. The summed E-state index contributed by atoms with van der Waals surface area (Å²) in [6.45, 7) is 2.46. The molecule has 0 atom stereocenters. The van der Waals surface area contributed by atoms with Crippen LogP contribution >= 0.6 is 0 Å². The summed E-state index contributed by atoms with van der Waals surface area (Å²) < 4.78 is 7.83. The van der Waals surface area contributed by atoms with Gasteiger partial charge in [-0.25, -0.2) is 4.79 Å². The van der Waals surface area contributed by atoms with E-state index in [2.05, 4.69) is 0 Å². The SMILES string of the molecule is CCCC(=O)OOc1cccc(CCCn2cc(-c3ccccc3Oc3ccccc3)ccc2=O)c1. The molecule has 4 aromatic rings. The second kappa shape index (κ2) is 12.4. The molecule has 1 heterocycles. The van der Waals surface area contributed by atoms with Gasteiger partial charge in [0.1, 0.15) is 11.5 Å². The zero-order valence-electron chi connectivity index (χ0n) is 20.3. The van der Waals surface area contributed by atoms with E-state index in [-0.39, 0.29) is 5.56 Å². The monoisotopic (exact) mass is 483 g/mol. The van der Waals surface area contributed by atoms with Crippen LogP contribution in [0.2, 0.25) is 0 Å². The molecule has 0 fully saturated rings. The summed E-state index contributed by atoms with van der Waals surface area (Å²) >= 11 is 0. The fraction of sp³-hybridized carbons (Fsp3) is 0.200. The van der Waals surface area contributed by atoms with Crippen LogP contribution in [0.4, 0.5) is 0 Å². The Balaban J connectivity index is 1.42. The van der Waals surface area contributed by atoms with Crippen molar-refractivity contribution >= 4 is 5.97 Å². The predicted molar refractivity (Wildman–Crippen MR) is 139 cm³/mol. The molecule has 0 saturated carbocycles. The lowest BCUT2D eigenvalue weighted by atomic mass is 10.1. The van der Waals surface area contributed by atoms with Crippen molar-refractivity contribution in [2.45, 2.75) is 39.2 Å². The minimum absolute atomic E-state index is 0.0554. The molecule has 3 aromatic carbocycles. The van der Waals surface area contributed by atoms with Gasteiger partial charge in [-0.15, -0.1) is 0 Å². The number of ether oxygens (including phenoxy) is 1. The first-order valence-electron chi connectivity index (χ1n) is 12.1. The predicted octanol–water partition coefficient (Wildman–Crippen LogP) is 6.58. The third kappa shape index (κ3) is 6.85. The Morgan fingerprint density at radius 1 is 0.861 bits per heavy atom. The van der Waals surface area contributed by atoms with Gasteiger partial charge in [-0.2, -0.15) is 0 Å². The molecule has 0 aliphatic carbocycles. The molecule has 1 aromatic heterocycles. The number of hydrogen-bond acceptors (Lipinski definition) is 5. The maximum absolute atomic E-state index is 12.5. The second-order valence-corrected chi connectivity index (χ2v) is 8.40. The number of aryl methyl sites for hydroxylation is 2. The Morgan fingerprint density at radius 3 is 2.47 bits per heavy atom. The summed E-state index contributed by atoms with van der Waals surface area (Å²) in [5.74, 6) is 1.57. The van der Waals surface area contributed by atoms with E-state index in [4.69, 9.17) is 14.5 Å². The van der Waals surface area contributed by atoms with E-state index >= 15 is 0 Å². The van der Waals surface area contributed by atoms with Crippen LogP contribution in [0.15, 0.2) is 102 Å². The lowest BCUT2D eigenvalue weighted by Gasteiger charge is -2.13. The molecule has 0 bridgehead atoms. The number of para-hydroxylation sites is 2. The van der Waals surface area contributed by atoms with Gasteiger partial charge in [0.15, 0.2) is 5.75 Å². The minimum Gasteiger partial charge on any atom is -0.457 e. The average Bonchev–Trinajstić information content (AvgIpc) is 2.90. The smallest absolute Gasteiger partial charge is 0.355 e. The highest BCUT2D eigenvalue weighted by Gasteiger charge is 2.09. The van der Waals surface area contributed by atoms with Gasteiger partial charge in [0, 0.05) is 36.4 Å². The number of hydrogen-bond donors (Lipinski definition) is 0. The van der Waals surface area contributed by atoms with Gasteiger partial charge >= 0.3 is 5.97 Å². The summed E-state index contributed by atoms with van der Waals surface area (Å²) in [5, 5.41) is 0. The van der Waals surface area contributed by atoms with E-state index in [1.165, 1.54) is 0 Å². The Labute approximate surface area is 210 Å². The van der Waals surface area contributed by atoms with Gasteiger partial charge in [0.05, 0.1) is 0 Å². The zero-order valence-corrected chi connectivity index (χ0v) is 20.3. The van der Waals surface area contributed by atoms with Crippen molar-refractivity contribution in [1.82, 2.24) is 4.57 Å². The number of carbonyl (C=O) groups excluding carboxylic acids is 1. The summed E-state index contributed by atoms with van der Waals surface area (Å²) in [6.07, 6.45) is 4.39. The van der Waals surface area contributed by atoms with E-state index in [1.807, 2.05) is 92.0 Å². The third-order valence-corrected chi connectivity index (χ3v) is 5.60. The van der Waals surface area contributed by atoms with Gasteiger partial charge in [0.25, 0.3) is 5.56 Å². The van der Waals surface area contributed by atoms with Crippen molar-refractivity contribution in [3.8, 4) is 28.4 Å².